The van der Waals surface area contributed by atoms with E-state index >= 15 is 0 Å². The van der Waals surface area contributed by atoms with Gasteiger partial charge in [-0.2, -0.15) is 5.10 Å². The maximum absolute atomic E-state index is 12.0. The first kappa shape index (κ1) is 12.9. The molecule has 22 heavy (non-hydrogen) atoms. The Morgan fingerprint density at radius 2 is 2.05 bits per heavy atom. The molecule has 0 amide bonds. The largest absolute Gasteiger partial charge is 0.325 e. The molecule has 0 radical (unpaired) electrons. The SMILES string of the molecule is NCC1=NCC(=O)c2ccc(-c3cnn4ccccc34)cc21. The molecular weight excluding hydrogens is 276 g/mol. The molecule has 4 rings (SSSR count). The van der Waals surface area contributed by atoms with Crippen LogP contribution in [0.4, 0.5) is 0 Å². The van der Waals surface area contributed by atoms with Gasteiger partial charge in [-0.05, 0) is 23.8 Å². The van der Waals surface area contributed by atoms with Crippen molar-refractivity contribution in [1.29, 1.82) is 0 Å². The number of hydrogen-bond acceptors (Lipinski definition) is 4. The Kier molecular flexibility index (Phi) is 2.87. The van der Waals surface area contributed by atoms with E-state index in [2.05, 4.69) is 10.1 Å². The lowest BCUT2D eigenvalue weighted by Crippen LogP contribution is -2.24. The van der Waals surface area contributed by atoms with Crippen LogP contribution in [0.5, 0.6) is 0 Å². The lowest BCUT2D eigenvalue weighted by Gasteiger charge is -2.16. The first-order valence-electron chi connectivity index (χ1n) is 7.11. The van der Waals surface area contributed by atoms with Crippen LogP contribution in [0.25, 0.3) is 16.6 Å². The lowest BCUT2D eigenvalue weighted by atomic mass is 9.93. The number of nitrogens with two attached hydrogens (primary N) is 1. The van der Waals surface area contributed by atoms with Crippen molar-refractivity contribution in [3.63, 3.8) is 0 Å². The first-order valence-corrected chi connectivity index (χ1v) is 7.11. The number of ketones is 1. The smallest absolute Gasteiger partial charge is 0.184 e. The molecule has 0 aliphatic carbocycles. The third kappa shape index (κ3) is 1.87. The van der Waals surface area contributed by atoms with E-state index in [0.717, 1.165) is 27.9 Å². The van der Waals surface area contributed by atoms with Gasteiger partial charge in [-0.1, -0.05) is 18.2 Å². The van der Waals surface area contributed by atoms with Gasteiger partial charge in [0.25, 0.3) is 0 Å². The zero-order valence-electron chi connectivity index (χ0n) is 11.9. The number of aliphatic imine (C=N–C) groups is 1. The van der Waals surface area contributed by atoms with Crippen LogP contribution in [-0.4, -0.2) is 34.2 Å². The van der Waals surface area contributed by atoms with Crippen LogP contribution < -0.4 is 5.73 Å². The van der Waals surface area contributed by atoms with E-state index in [0.29, 0.717) is 12.1 Å². The quantitative estimate of drug-likeness (QED) is 0.784. The average molecular weight is 290 g/mol. The topological polar surface area (TPSA) is 72.8 Å². The van der Waals surface area contributed by atoms with Gasteiger partial charge in [-0.25, -0.2) is 4.52 Å². The van der Waals surface area contributed by atoms with E-state index in [1.807, 2.05) is 53.3 Å². The standard InChI is InChI=1S/C17H14N4O/c18-8-15-13-7-11(4-5-12(13)17(22)10-19-15)14-9-20-21-6-2-1-3-16(14)21/h1-7,9H,8,10,18H2. The predicted molar refractivity (Wildman–Crippen MR) is 85.4 cm³/mol. The van der Waals surface area contributed by atoms with Gasteiger partial charge in [0.1, 0.15) is 6.54 Å². The summed E-state index contributed by atoms with van der Waals surface area (Å²) >= 11 is 0. The molecule has 108 valence electrons. The monoisotopic (exact) mass is 290 g/mol. The maximum atomic E-state index is 12.0. The zero-order chi connectivity index (χ0) is 15.1. The molecular formula is C17H14N4O. The number of carbonyl (C=O) groups excluding carboxylic acids is 1. The van der Waals surface area contributed by atoms with Crippen LogP contribution in [0.15, 0.2) is 53.8 Å². The van der Waals surface area contributed by atoms with Crippen LogP contribution in [0.1, 0.15) is 15.9 Å². The van der Waals surface area contributed by atoms with Crippen LogP contribution in [-0.2, 0) is 0 Å². The predicted octanol–water partition coefficient (Wildman–Crippen LogP) is 1.95. The summed E-state index contributed by atoms with van der Waals surface area (Å²) in [5, 5.41) is 4.36. The summed E-state index contributed by atoms with van der Waals surface area (Å²) < 4.78 is 1.83. The highest BCUT2D eigenvalue weighted by molar-refractivity contribution is 6.16. The van der Waals surface area contributed by atoms with Gasteiger partial charge in [0.05, 0.1) is 17.4 Å². The summed E-state index contributed by atoms with van der Waals surface area (Å²) in [6.07, 6.45) is 3.74. The summed E-state index contributed by atoms with van der Waals surface area (Å²) in [6, 6.07) is 11.8. The van der Waals surface area contributed by atoms with Gasteiger partial charge in [-0.15, -0.1) is 0 Å². The molecule has 5 nitrogen and oxygen atoms in total. The molecule has 1 aromatic carbocycles. The van der Waals surface area contributed by atoms with E-state index in [1.165, 1.54) is 0 Å². The van der Waals surface area contributed by atoms with Crippen LogP contribution in [0, 0.1) is 0 Å². The average Bonchev–Trinajstić information content (AvgIpc) is 2.99. The van der Waals surface area contributed by atoms with Crippen LogP contribution in [0.2, 0.25) is 0 Å². The minimum absolute atomic E-state index is 0.0404. The molecule has 2 N–H and O–H groups in total. The first-order chi connectivity index (χ1) is 10.8. The van der Waals surface area contributed by atoms with Crippen molar-refractivity contribution >= 4 is 17.0 Å². The Balaban J connectivity index is 1.92. The fourth-order valence-corrected chi connectivity index (χ4v) is 2.86. The summed E-state index contributed by atoms with van der Waals surface area (Å²) in [6.45, 7) is 0.522. The Hall–Kier alpha value is -2.79. The van der Waals surface area contributed by atoms with Gasteiger partial charge < -0.3 is 5.73 Å². The van der Waals surface area contributed by atoms with Gasteiger partial charge in [0.2, 0.25) is 0 Å². The number of benzene rings is 1. The molecule has 1 aliphatic heterocycles. The van der Waals surface area contributed by atoms with E-state index < -0.39 is 0 Å². The van der Waals surface area contributed by atoms with E-state index in [9.17, 15) is 4.79 Å². The Morgan fingerprint density at radius 1 is 1.14 bits per heavy atom. The van der Waals surface area contributed by atoms with Crippen LogP contribution in [0.3, 0.4) is 0 Å². The maximum Gasteiger partial charge on any atom is 0.184 e. The van der Waals surface area contributed by atoms with E-state index in [4.69, 9.17) is 5.73 Å². The van der Waals surface area contributed by atoms with Crippen molar-refractivity contribution in [2.24, 2.45) is 10.7 Å². The summed E-state index contributed by atoms with van der Waals surface area (Å²) in [4.78, 5) is 16.3. The van der Waals surface area contributed by atoms with Crippen molar-refractivity contribution in [2.75, 3.05) is 13.1 Å². The van der Waals surface area contributed by atoms with E-state index in [1.54, 1.807) is 0 Å². The molecule has 5 heteroatoms. The molecule has 0 fully saturated rings. The molecule has 3 heterocycles. The second-order valence-corrected chi connectivity index (χ2v) is 5.24. The third-order valence-corrected chi connectivity index (χ3v) is 3.98. The third-order valence-electron chi connectivity index (χ3n) is 3.98. The molecule has 0 unspecified atom stereocenters. The van der Waals surface area contributed by atoms with Crippen molar-refractivity contribution in [3.8, 4) is 11.1 Å². The molecule has 0 atom stereocenters. The summed E-state index contributed by atoms with van der Waals surface area (Å²) in [5.41, 5.74) is 11.2. The number of carbonyl (C=O) groups is 1. The summed E-state index contributed by atoms with van der Waals surface area (Å²) in [5.74, 6) is 0.0404. The highest BCUT2D eigenvalue weighted by Gasteiger charge is 2.20. The van der Waals surface area contributed by atoms with Crippen molar-refractivity contribution in [2.45, 2.75) is 0 Å². The second-order valence-electron chi connectivity index (χ2n) is 5.24. The summed E-state index contributed by atoms with van der Waals surface area (Å²) in [7, 11) is 0. The number of nitrogens with zero attached hydrogens (tertiary/aromatic N) is 3. The van der Waals surface area contributed by atoms with Crippen LogP contribution >= 0.6 is 0 Å². The zero-order valence-corrected chi connectivity index (χ0v) is 11.9. The van der Waals surface area contributed by atoms with E-state index in [-0.39, 0.29) is 12.3 Å². The number of aromatic nitrogens is 2. The Morgan fingerprint density at radius 3 is 2.91 bits per heavy atom. The van der Waals surface area contributed by atoms with Gasteiger partial charge in [0.15, 0.2) is 5.78 Å². The van der Waals surface area contributed by atoms with Gasteiger partial charge >= 0.3 is 0 Å². The molecule has 0 saturated carbocycles. The Bertz CT molecular complexity index is 923. The Labute approximate surface area is 127 Å². The molecule has 0 spiro atoms. The number of Topliss-reactive ketones (excluding diaryl/α,β-unsaturated/α-hetero) is 1. The fraction of sp³-hybridized carbons (Fsp3) is 0.118. The highest BCUT2D eigenvalue weighted by atomic mass is 16.1. The van der Waals surface area contributed by atoms with Gasteiger partial charge in [-0.3, -0.25) is 9.79 Å². The lowest BCUT2D eigenvalue weighted by molar-refractivity contribution is 0.1000. The molecule has 2 aromatic heterocycles. The van der Waals surface area contributed by atoms with Crippen molar-refractivity contribution < 1.29 is 4.79 Å². The molecule has 0 saturated heterocycles. The second kappa shape index (κ2) is 4.89. The number of rotatable bonds is 2. The molecule has 0 bridgehead atoms. The minimum Gasteiger partial charge on any atom is -0.325 e. The minimum atomic E-state index is 0.0404. The fourth-order valence-electron chi connectivity index (χ4n) is 2.86. The normalized spacial score (nSPS) is 14.0. The highest BCUT2D eigenvalue weighted by Crippen LogP contribution is 2.28. The molecule has 3 aromatic rings. The van der Waals surface area contributed by atoms with Crippen molar-refractivity contribution in [3.05, 3.63) is 59.9 Å². The number of fused-ring (bicyclic) bond motifs is 2. The molecule has 1 aliphatic rings. The number of pyridine rings is 1. The number of hydrogen-bond donors (Lipinski definition) is 1. The van der Waals surface area contributed by atoms with Crippen molar-refractivity contribution in [1.82, 2.24) is 9.61 Å². The van der Waals surface area contributed by atoms with Gasteiger partial charge in [0, 0.05) is 29.4 Å².